The molecule has 0 fully saturated rings. The van der Waals surface area contributed by atoms with E-state index in [-0.39, 0.29) is 17.4 Å². The van der Waals surface area contributed by atoms with Crippen molar-refractivity contribution in [1.29, 1.82) is 0 Å². The van der Waals surface area contributed by atoms with Gasteiger partial charge in [-0.05, 0) is 44.2 Å². The van der Waals surface area contributed by atoms with Crippen molar-refractivity contribution in [2.75, 3.05) is 0 Å². The number of rotatable bonds is 5. The topological polar surface area (TPSA) is 71.8 Å². The van der Waals surface area contributed by atoms with Gasteiger partial charge in [0.1, 0.15) is 5.82 Å². The number of Topliss-reactive ketones (excluding diaryl/α,β-unsaturated/α-hetero) is 1. The first kappa shape index (κ1) is 15.6. The number of aromatic nitrogens is 1. The van der Waals surface area contributed by atoms with E-state index in [4.69, 9.17) is 4.74 Å². The second kappa shape index (κ2) is 6.80. The third-order valence-electron chi connectivity index (χ3n) is 2.79. The van der Waals surface area contributed by atoms with Gasteiger partial charge in [0.05, 0.1) is 6.10 Å². The van der Waals surface area contributed by atoms with Crippen LogP contribution in [0.4, 0.5) is 4.39 Å². The van der Waals surface area contributed by atoms with Crippen molar-refractivity contribution >= 4 is 11.5 Å². The van der Waals surface area contributed by atoms with Gasteiger partial charge in [-0.3, -0.25) is 4.79 Å². The minimum Gasteiger partial charge on any atom is -0.475 e. The Labute approximate surface area is 127 Å². The first-order valence-corrected chi connectivity index (χ1v) is 6.66. The number of hydrogen-bond acceptors (Lipinski definition) is 5. The van der Waals surface area contributed by atoms with E-state index in [0.29, 0.717) is 11.4 Å². The van der Waals surface area contributed by atoms with Crippen LogP contribution in [0.5, 0.6) is 5.88 Å². The number of benzene rings is 1. The van der Waals surface area contributed by atoms with Crippen LogP contribution in [0.15, 0.2) is 47.8 Å². The predicted molar refractivity (Wildman–Crippen MR) is 79.1 cm³/mol. The zero-order valence-corrected chi connectivity index (χ0v) is 12.2. The average molecular weight is 302 g/mol. The van der Waals surface area contributed by atoms with E-state index in [1.165, 1.54) is 42.6 Å². The van der Waals surface area contributed by atoms with Gasteiger partial charge in [0.25, 0.3) is 0 Å². The molecule has 22 heavy (non-hydrogen) atoms. The molecule has 0 atom stereocenters. The van der Waals surface area contributed by atoms with Gasteiger partial charge < -0.3 is 9.94 Å². The van der Waals surface area contributed by atoms with Gasteiger partial charge in [-0.1, -0.05) is 5.16 Å². The van der Waals surface area contributed by atoms with Gasteiger partial charge in [0.15, 0.2) is 5.71 Å². The van der Waals surface area contributed by atoms with Gasteiger partial charge in [-0.2, -0.15) is 0 Å². The molecule has 1 N–H and O–H groups in total. The Balaban J connectivity index is 2.32. The quantitative estimate of drug-likeness (QED) is 0.399. The number of halogens is 1. The van der Waals surface area contributed by atoms with Crippen LogP contribution in [0.1, 0.15) is 29.8 Å². The molecule has 5 nitrogen and oxygen atoms in total. The summed E-state index contributed by atoms with van der Waals surface area (Å²) in [7, 11) is 0. The minimum absolute atomic E-state index is 0.0786. The van der Waals surface area contributed by atoms with Gasteiger partial charge >= 0.3 is 0 Å². The lowest BCUT2D eigenvalue weighted by Gasteiger charge is -2.10. The lowest BCUT2D eigenvalue weighted by Crippen LogP contribution is -2.17. The van der Waals surface area contributed by atoms with Crippen molar-refractivity contribution < 1.29 is 19.1 Å². The Bertz CT molecular complexity index is 697. The summed E-state index contributed by atoms with van der Waals surface area (Å²) in [5.74, 6) is -0.652. The Kier molecular flexibility index (Phi) is 4.83. The Hall–Kier alpha value is -2.76. The molecule has 0 unspecified atom stereocenters. The van der Waals surface area contributed by atoms with Crippen LogP contribution in [-0.2, 0) is 0 Å². The number of ether oxygens (including phenoxy) is 1. The first-order chi connectivity index (χ1) is 10.5. The van der Waals surface area contributed by atoms with Crippen LogP contribution in [-0.4, -0.2) is 27.8 Å². The van der Waals surface area contributed by atoms with Crippen molar-refractivity contribution in [3.63, 3.8) is 0 Å². The summed E-state index contributed by atoms with van der Waals surface area (Å²) in [5, 5.41) is 12.2. The molecule has 0 spiro atoms. The molecule has 1 heterocycles. The Morgan fingerprint density at radius 1 is 1.23 bits per heavy atom. The van der Waals surface area contributed by atoms with Crippen LogP contribution >= 0.6 is 0 Å². The van der Waals surface area contributed by atoms with Crippen LogP contribution in [0.2, 0.25) is 0 Å². The first-order valence-electron chi connectivity index (χ1n) is 6.66. The van der Waals surface area contributed by atoms with E-state index in [1.54, 1.807) is 0 Å². The summed E-state index contributed by atoms with van der Waals surface area (Å²) in [6.45, 7) is 3.69. The maximum absolute atomic E-state index is 12.9. The summed E-state index contributed by atoms with van der Waals surface area (Å²) in [5.41, 5.74) is 0.419. The fraction of sp³-hybridized carbons (Fsp3) is 0.188. The fourth-order valence-electron chi connectivity index (χ4n) is 1.83. The zero-order valence-electron chi connectivity index (χ0n) is 12.2. The second-order valence-corrected chi connectivity index (χ2v) is 4.83. The van der Waals surface area contributed by atoms with Crippen molar-refractivity contribution in [3.05, 3.63) is 59.5 Å². The molecular formula is C16H15FN2O3. The molecule has 0 aliphatic heterocycles. The summed E-state index contributed by atoms with van der Waals surface area (Å²) < 4.78 is 18.4. The Morgan fingerprint density at radius 2 is 1.91 bits per heavy atom. The number of hydrogen-bond donors (Lipinski definition) is 1. The van der Waals surface area contributed by atoms with E-state index in [9.17, 15) is 14.4 Å². The molecule has 0 saturated carbocycles. The molecular weight excluding hydrogens is 287 g/mol. The van der Waals surface area contributed by atoms with Gasteiger partial charge in [-0.15, -0.1) is 0 Å². The number of carbonyl (C=O) groups is 1. The van der Waals surface area contributed by atoms with Gasteiger partial charge in [0, 0.05) is 23.4 Å². The number of carbonyl (C=O) groups excluding carboxylic acids is 1. The third-order valence-corrected chi connectivity index (χ3v) is 2.79. The molecule has 1 aromatic carbocycles. The molecule has 0 saturated heterocycles. The normalized spacial score (nSPS) is 11.5. The number of nitrogens with zero attached hydrogens (tertiary/aromatic N) is 2. The summed E-state index contributed by atoms with van der Waals surface area (Å²) in [6.07, 6.45) is 1.38. The molecule has 2 rings (SSSR count). The highest BCUT2D eigenvalue weighted by atomic mass is 19.1. The lowest BCUT2D eigenvalue weighted by atomic mass is 10.0. The van der Waals surface area contributed by atoms with E-state index in [0.717, 1.165) is 0 Å². The molecule has 0 amide bonds. The average Bonchev–Trinajstić information content (AvgIpc) is 2.48. The SMILES string of the molecule is CC(C)Oc1cc(/C(=N/O)C(=O)c2ccc(F)cc2)ccn1. The molecule has 2 aromatic rings. The smallest absolute Gasteiger partial charge is 0.215 e. The zero-order chi connectivity index (χ0) is 16.1. The van der Waals surface area contributed by atoms with Gasteiger partial charge in [0.2, 0.25) is 11.7 Å². The molecule has 0 aliphatic carbocycles. The summed E-state index contributed by atoms with van der Waals surface area (Å²) >= 11 is 0. The molecule has 0 radical (unpaired) electrons. The van der Waals surface area contributed by atoms with E-state index >= 15 is 0 Å². The maximum atomic E-state index is 12.9. The monoisotopic (exact) mass is 302 g/mol. The van der Waals surface area contributed by atoms with Crippen molar-refractivity contribution in [3.8, 4) is 5.88 Å². The van der Waals surface area contributed by atoms with E-state index < -0.39 is 11.6 Å². The van der Waals surface area contributed by atoms with Crippen LogP contribution < -0.4 is 4.74 Å². The second-order valence-electron chi connectivity index (χ2n) is 4.83. The largest absolute Gasteiger partial charge is 0.475 e. The fourth-order valence-corrected chi connectivity index (χ4v) is 1.83. The van der Waals surface area contributed by atoms with Crippen molar-refractivity contribution in [2.45, 2.75) is 20.0 Å². The molecule has 6 heteroatoms. The highest BCUT2D eigenvalue weighted by Gasteiger charge is 2.18. The predicted octanol–water partition coefficient (Wildman–Crippen LogP) is 3.07. The van der Waals surface area contributed by atoms with Crippen molar-refractivity contribution in [1.82, 2.24) is 4.98 Å². The summed E-state index contributed by atoms with van der Waals surface area (Å²) in [6, 6.07) is 8.04. The van der Waals surface area contributed by atoms with E-state index in [2.05, 4.69) is 10.1 Å². The highest BCUT2D eigenvalue weighted by Crippen LogP contribution is 2.15. The number of ketones is 1. The van der Waals surface area contributed by atoms with Gasteiger partial charge in [-0.25, -0.2) is 9.37 Å². The van der Waals surface area contributed by atoms with Crippen LogP contribution in [0.3, 0.4) is 0 Å². The van der Waals surface area contributed by atoms with E-state index in [1.807, 2.05) is 13.8 Å². The van der Waals surface area contributed by atoms with Crippen molar-refractivity contribution in [2.24, 2.45) is 5.16 Å². The third kappa shape index (κ3) is 3.66. The lowest BCUT2D eigenvalue weighted by molar-refractivity contribution is 0.106. The maximum Gasteiger partial charge on any atom is 0.215 e. The standard InChI is InChI=1S/C16H15FN2O3/c1-10(2)22-14-9-12(7-8-18-14)15(19-21)16(20)11-3-5-13(17)6-4-11/h3-10,21H,1-2H3/b19-15-. The molecule has 0 bridgehead atoms. The minimum atomic E-state index is -0.524. The van der Waals surface area contributed by atoms with Crippen LogP contribution in [0, 0.1) is 5.82 Å². The Morgan fingerprint density at radius 3 is 2.50 bits per heavy atom. The number of oxime groups is 1. The summed E-state index contributed by atoms with van der Waals surface area (Å²) in [4.78, 5) is 16.4. The molecule has 1 aromatic heterocycles. The molecule has 0 aliphatic rings. The molecule has 114 valence electrons. The number of pyridine rings is 1. The highest BCUT2D eigenvalue weighted by molar-refractivity contribution is 6.51. The van der Waals surface area contributed by atoms with Crippen LogP contribution in [0.25, 0.3) is 0 Å².